The average molecular weight is 324 g/mol. The molecule has 0 saturated carbocycles. The number of carbonyl (C=O) groups excluding carboxylic acids is 1. The summed E-state index contributed by atoms with van der Waals surface area (Å²) in [6.45, 7) is 2.81. The summed E-state index contributed by atoms with van der Waals surface area (Å²) >= 11 is 0. The van der Waals surface area contributed by atoms with Gasteiger partial charge in [-0.3, -0.25) is 4.79 Å². The predicted octanol–water partition coefficient (Wildman–Crippen LogP) is 5.23. The minimum atomic E-state index is -2.37. The number of allylic oxidation sites excluding steroid dienone is 1. The van der Waals surface area contributed by atoms with Gasteiger partial charge in [0, 0.05) is 5.57 Å². The summed E-state index contributed by atoms with van der Waals surface area (Å²) in [5.74, 6) is -14.0. The zero-order valence-electron chi connectivity index (χ0n) is 12.0. The van der Waals surface area contributed by atoms with Gasteiger partial charge in [-0.2, -0.15) is 0 Å². The molecular formula is C15H14F6O. The smallest absolute Gasteiger partial charge is 0.200 e. The molecule has 1 nitrogen and oxygen atoms in total. The molecule has 0 saturated heterocycles. The van der Waals surface area contributed by atoms with Crippen molar-refractivity contribution in [3.8, 4) is 0 Å². The summed E-state index contributed by atoms with van der Waals surface area (Å²) in [5.41, 5.74) is -2.28. The molecule has 0 N–H and O–H groups in total. The number of unbranched alkanes of at least 4 members (excludes halogenated alkanes) is 2. The number of carbonyl (C=O) groups is 1. The largest absolute Gasteiger partial charge is 0.295 e. The van der Waals surface area contributed by atoms with E-state index in [9.17, 15) is 31.1 Å². The molecule has 0 bridgehead atoms. The highest BCUT2D eigenvalue weighted by molar-refractivity contribution is 5.99. The van der Waals surface area contributed by atoms with Crippen molar-refractivity contribution in [1.82, 2.24) is 0 Å². The van der Waals surface area contributed by atoms with Gasteiger partial charge in [0.05, 0.1) is 5.56 Å². The van der Waals surface area contributed by atoms with Gasteiger partial charge in [0.15, 0.2) is 29.1 Å². The van der Waals surface area contributed by atoms with Crippen LogP contribution >= 0.6 is 0 Å². The Hall–Kier alpha value is -1.79. The number of Topliss-reactive ketones (excluding diaryl/α,β-unsaturated/α-hetero) is 1. The van der Waals surface area contributed by atoms with Gasteiger partial charge in [-0.25, -0.2) is 26.3 Å². The molecule has 0 fully saturated rings. The lowest BCUT2D eigenvalue weighted by Crippen LogP contribution is -2.08. The van der Waals surface area contributed by atoms with Gasteiger partial charge >= 0.3 is 0 Å². The van der Waals surface area contributed by atoms with Gasteiger partial charge in [-0.05, 0) is 19.8 Å². The number of hydrogen-bond donors (Lipinski definition) is 0. The van der Waals surface area contributed by atoms with Gasteiger partial charge in [-0.1, -0.05) is 19.8 Å². The number of benzene rings is 1. The van der Waals surface area contributed by atoms with Crippen molar-refractivity contribution >= 4 is 11.6 Å². The molecule has 0 amide bonds. The molecule has 7 heteroatoms. The van der Waals surface area contributed by atoms with Gasteiger partial charge < -0.3 is 0 Å². The van der Waals surface area contributed by atoms with E-state index in [2.05, 4.69) is 0 Å². The van der Waals surface area contributed by atoms with Crippen LogP contribution in [0.25, 0.3) is 5.83 Å². The Morgan fingerprint density at radius 2 is 1.32 bits per heavy atom. The fourth-order valence-electron chi connectivity index (χ4n) is 1.94. The molecule has 0 aliphatic carbocycles. The van der Waals surface area contributed by atoms with Gasteiger partial charge in [0.25, 0.3) is 0 Å². The SMILES string of the molecule is CCCCC/C(C(C)=O)=C(/F)c1c(F)c(F)c(F)c(F)c1F. The highest BCUT2D eigenvalue weighted by Gasteiger charge is 2.30. The van der Waals surface area contributed by atoms with E-state index in [1.807, 2.05) is 6.92 Å². The van der Waals surface area contributed by atoms with Crippen LogP contribution in [0.15, 0.2) is 5.57 Å². The second kappa shape index (κ2) is 7.47. The topological polar surface area (TPSA) is 17.1 Å². The van der Waals surface area contributed by atoms with Crippen LogP contribution in [0.4, 0.5) is 26.3 Å². The molecule has 1 rings (SSSR count). The highest BCUT2D eigenvalue weighted by Crippen LogP contribution is 2.32. The number of halogens is 6. The Labute approximate surface area is 123 Å². The number of rotatable bonds is 6. The number of ketones is 1. The molecule has 0 atom stereocenters. The summed E-state index contributed by atoms with van der Waals surface area (Å²) in [6.07, 6.45) is 1.58. The predicted molar refractivity (Wildman–Crippen MR) is 69.1 cm³/mol. The van der Waals surface area contributed by atoms with Crippen LogP contribution in [0.3, 0.4) is 0 Å². The first-order valence-corrected chi connectivity index (χ1v) is 6.65. The maximum atomic E-state index is 14.2. The third-order valence-corrected chi connectivity index (χ3v) is 3.15. The van der Waals surface area contributed by atoms with E-state index >= 15 is 0 Å². The zero-order valence-corrected chi connectivity index (χ0v) is 12.0. The first-order chi connectivity index (χ1) is 10.2. The third-order valence-electron chi connectivity index (χ3n) is 3.15. The van der Waals surface area contributed by atoms with Crippen molar-refractivity contribution in [3.05, 3.63) is 40.2 Å². The third kappa shape index (κ3) is 3.51. The van der Waals surface area contributed by atoms with E-state index in [1.54, 1.807) is 0 Å². The maximum absolute atomic E-state index is 14.2. The van der Waals surface area contributed by atoms with Crippen LogP contribution < -0.4 is 0 Å². The summed E-state index contributed by atoms with van der Waals surface area (Å²) in [5, 5.41) is 0. The molecule has 1 aromatic rings. The van der Waals surface area contributed by atoms with Crippen molar-refractivity contribution in [1.29, 1.82) is 0 Å². The second-order valence-corrected chi connectivity index (χ2v) is 4.75. The minimum absolute atomic E-state index is 0.144. The highest BCUT2D eigenvalue weighted by atomic mass is 19.2. The van der Waals surface area contributed by atoms with E-state index in [0.717, 1.165) is 13.3 Å². The molecule has 1 aromatic carbocycles. The van der Waals surface area contributed by atoms with E-state index in [1.165, 1.54) is 0 Å². The van der Waals surface area contributed by atoms with Crippen molar-refractivity contribution in [3.63, 3.8) is 0 Å². The monoisotopic (exact) mass is 324 g/mol. The Balaban J connectivity index is 3.49. The standard InChI is InChI=1S/C15H14F6O/c1-3-4-5-6-8(7(2)22)10(16)9-11(17)13(19)15(21)14(20)12(9)18/h3-6H2,1-2H3/b10-8-. The first kappa shape index (κ1) is 18.3. The van der Waals surface area contributed by atoms with E-state index in [4.69, 9.17) is 0 Å². The summed E-state index contributed by atoms with van der Waals surface area (Å²) in [6, 6.07) is 0. The van der Waals surface area contributed by atoms with E-state index < -0.39 is 51.8 Å². The van der Waals surface area contributed by atoms with Crippen LogP contribution in [-0.4, -0.2) is 5.78 Å². The van der Waals surface area contributed by atoms with Crippen molar-refractivity contribution in [2.24, 2.45) is 0 Å². The molecule has 0 aliphatic heterocycles. The lowest BCUT2D eigenvalue weighted by molar-refractivity contribution is -0.113. The first-order valence-electron chi connectivity index (χ1n) is 6.65. The second-order valence-electron chi connectivity index (χ2n) is 4.75. The minimum Gasteiger partial charge on any atom is -0.295 e. The zero-order chi connectivity index (χ0) is 17.0. The normalized spacial score (nSPS) is 12.4. The average Bonchev–Trinajstić information content (AvgIpc) is 2.47. The molecule has 122 valence electrons. The van der Waals surface area contributed by atoms with Crippen LogP contribution in [0.2, 0.25) is 0 Å². The Kier molecular flexibility index (Phi) is 6.20. The summed E-state index contributed by atoms with van der Waals surface area (Å²) in [7, 11) is 0. The quantitative estimate of drug-likeness (QED) is 0.230. The summed E-state index contributed by atoms with van der Waals surface area (Å²) in [4.78, 5) is 11.4. The Morgan fingerprint density at radius 3 is 1.73 bits per heavy atom. The number of hydrogen-bond acceptors (Lipinski definition) is 1. The molecule has 0 unspecified atom stereocenters. The maximum Gasteiger partial charge on any atom is 0.200 e. The molecule has 22 heavy (non-hydrogen) atoms. The van der Waals surface area contributed by atoms with Crippen molar-refractivity contribution in [2.75, 3.05) is 0 Å². The van der Waals surface area contributed by atoms with Gasteiger partial charge in [0.1, 0.15) is 5.83 Å². The van der Waals surface area contributed by atoms with Crippen LogP contribution in [0.1, 0.15) is 45.1 Å². The van der Waals surface area contributed by atoms with Gasteiger partial charge in [-0.15, -0.1) is 0 Å². The molecule has 0 aromatic heterocycles. The van der Waals surface area contributed by atoms with Crippen molar-refractivity contribution < 1.29 is 31.1 Å². The van der Waals surface area contributed by atoms with Crippen LogP contribution in [-0.2, 0) is 4.79 Å². The molecular weight excluding hydrogens is 310 g/mol. The molecule has 0 radical (unpaired) electrons. The molecule has 0 spiro atoms. The lowest BCUT2D eigenvalue weighted by Gasteiger charge is -2.10. The Morgan fingerprint density at radius 1 is 0.864 bits per heavy atom. The fraction of sp³-hybridized carbons (Fsp3) is 0.400. The lowest BCUT2D eigenvalue weighted by atomic mass is 9.99. The Bertz CT molecular complexity index is 592. The molecule has 0 aliphatic rings. The molecule has 0 heterocycles. The summed E-state index contributed by atoms with van der Waals surface area (Å²) < 4.78 is 80.5. The van der Waals surface area contributed by atoms with E-state index in [0.29, 0.717) is 12.8 Å². The van der Waals surface area contributed by atoms with Gasteiger partial charge in [0.2, 0.25) is 5.82 Å². The fourth-order valence-corrected chi connectivity index (χ4v) is 1.94. The van der Waals surface area contributed by atoms with Crippen LogP contribution in [0, 0.1) is 29.1 Å². The van der Waals surface area contributed by atoms with Crippen LogP contribution in [0.5, 0.6) is 0 Å². The van der Waals surface area contributed by atoms with E-state index in [-0.39, 0.29) is 6.42 Å². The van der Waals surface area contributed by atoms with Crippen molar-refractivity contribution in [2.45, 2.75) is 39.5 Å².